The van der Waals surface area contributed by atoms with Gasteiger partial charge in [0.2, 0.25) is 0 Å². The Bertz CT molecular complexity index is 810. The van der Waals surface area contributed by atoms with Gasteiger partial charge < -0.3 is 19.2 Å². The van der Waals surface area contributed by atoms with Gasteiger partial charge in [-0.15, -0.1) is 0 Å². The number of nitrogens with one attached hydrogen (secondary N) is 1. The van der Waals surface area contributed by atoms with Crippen LogP contribution in [0.1, 0.15) is 50.9 Å². The molecule has 0 fully saturated rings. The van der Waals surface area contributed by atoms with E-state index in [2.05, 4.69) is 12.2 Å². The second-order valence-corrected chi connectivity index (χ2v) is 7.08. The number of aryl methyl sites for hydroxylation is 2. The lowest BCUT2D eigenvalue weighted by Crippen LogP contribution is -2.36. The van der Waals surface area contributed by atoms with Crippen molar-refractivity contribution in [2.24, 2.45) is 0 Å². The summed E-state index contributed by atoms with van der Waals surface area (Å²) < 4.78 is 16.4. The lowest BCUT2D eigenvalue weighted by Gasteiger charge is -2.13. The van der Waals surface area contributed by atoms with Crippen molar-refractivity contribution < 1.29 is 23.5 Å². The van der Waals surface area contributed by atoms with Gasteiger partial charge in [0.25, 0.3) is 5.91 Å². The highest BCUT2D eigenvalue weighted by Gasteiger charge is 2.18. The summed E-state index contributed by atoms with van der Waals surface area (Å²) in [5.74, 6) is 0.795. The maximum atomic E-state index is 11.8. The summed E-state index contributed by atoms with van der Waals surface area (Å²) in [5.41, 5.74) is 2.11. The number of amides is 1. The third kappa shape index (κ3) is 5.02. The van der Waals surface area contributed by atoms with Gasteiger partial charge in [-0.1, -0.05) is 13.3 Å². The number of hydrogen-bond acceptors (Lipinski definition) is 5. The minimum atomic E-state index is -0.567. The molecule has 0 saturated carbocycles. The summed E-state index contributed by atoms with van der Waals surface area (Å²) in [6, 6.07) is 5.64. The summed E-state index contributed by atoms with van der Waals surface area (Å²) >= 11 is 0. The van der Waals surface area contributed by atoms with Gasteiger partial charge in [0.1, 0.15) is 17.1 Å². The molecule has 1 amide bonds. The average molecular weight is 373 g/mol. The monoisotopic (exact) mass is 373 g/mol. The van der Waals surface area contributed by atoms with Gasteiger partial charge in [-0.05, 0) is 50.8 Å². The number of hydrogen-bond donors (Lipinski definition) is 1. The fourth-order valence-electron chi connectivity index (χ4n) is 3.48. The molecule has 1 N–H and O–H groups in total. The topological polar surface area (TPSA) is 77.8 Å². The molecule has 27 heavy (non-hydrogen) atoms. The van der Waals surface area contributed by atoms with Crippen molar-refractivity contribution in [3.05, 3.63) is 29.5 Å². The average Bonchev–Trinajstić information content (AvgIpc) is 3.03. The van der Waals surface area contributed by atoms with E-state index in [1.165, 1.54) is 5.56 Å². The molecule has 1 atom stereocenters. The third-order valence-corrected chi connectivity index (χ3v) is 4.78. The molecule has 6 heteroatoms. The summed E-state index contributed by atoms with van der Waals surface area (Å²) in [7, 11) is 0. The maximum absolute atomic E-state index is 11.8. The Morgan fingerprint density at radius 1 is 1.22 bits per heavy atom. The second-order valence-electron chi connectivity index (χ2n) is 7.08. The van der Waals surface area contributed by atoms with Crippen LogP contribution in [0.4, 0.5) is 0 Å². The molecule has 146 valence electrons. The van der Waals surface area contributed by atoms with E-state index in [1.807, 2.05) is 19.1 Å². The van der Waals surface area contributed by atoms with Gasteiger partial charge >= 0.3 is 5.97 Å². The Morgan fingerprint density at radius 3 is 2.85 bits per heavy atom. The Kier molecular flexibility index (Phi) is 6.37. The molecule has 0 aliphatic heterocycles. The molecule has 2 aromatic rings. The first kappa shape index (κ1) is 19.3. The van der Waals surface area contributed by atoms with Crippen LogP contribution in [0.5, 0.6) is 5.75 Å². The molecule has 6 nitrogen and oxygen atoms in total. The number of carbonyl (C=O) groups excluding carboxylic acids is 2. The van der Waals surface area contributed by atoms with E-state index in [1.54, 1.807) is 6.07 Å². The van der Waals surface area contributed by atoms with Crippen molar-refractivity contribution >= 4 is 22.8 Å². The van der Waals surface area contributed by atoms with Gasteiger partial charge in [0.05, 0.1) is 0 Å². The van der Waals surface area contributed by atoms with E-state index < -0.39 is 5.97 Å². The number of furan rings is 1. The first-order valence-corrected chi connectivity index (χ1v) is 9.69. The lowest BCUT2D eigenvalue weighted by molar-refractivity contribution is -0.150. The van der Waals surface area contributed by atoms with Crippen LogP contribution in [-0.4, -0.2) is 31.1 Å². The van der Waals surface area contributed by atoms with Crippen LogP contribution in [-0.2, 0) is 27.2 Å². The van der Waals surface area contributed by atoms with Crippen LogP contribution < -0.4 is 10.1 Å². The highest BCUT2D eigenvalue weighted by molar-refractivity contribution is 5.84. The predicted molar refractivity (Wildman–Crippen MR) is 102 cm³/mol. The summed E-state index contributed by atoms with van der Waals surface area (Å²) in [5, 5.41) is 3.84. The van der Waals surface area contributed by atoms with E-state index in [0.29, 0.717) is 5.75 Å². The van der Waals surface area contributed by atoms with Crippen molar-refractivity contribution in [2.45, 2.75) is 58.4 Å². The van der Waals surface area contributed by atoms with E-state index >= 15 is 0 Å². The first-order valence-electron chi connectivity index (χ1n) is 9.69. The predicted octanol–water partition coefficient (Wildman–Crippen LogP) is 3.54. The van der Waals surface area contributed by atoms with Crippen LogP contribution in [0.25, 0.3) is 11.0 Å². The number of fused-ring (bicyclic) bond motifs is 3. The molecule has 1 unspecified atom stereocenters. The van der Waals surface area contributed by atoms with Crippen molar-refractivity contribution in [2.75, 3.05) is 13.2 Å². The number of ether oxygens (including phenoxy) is 2. The van der Waals surface area contributed by atoms with Crippen LogP contribution in [0, 0.1) is 0 Å². The van der Waals surface area contributed by atoms with Gasteiger partial charge in [-0.2, -0.15) is 0 Å². The third-order valence-electron chi connectivity index (χ3n) is 4.78. The highest BCUT2D eigenvalue weighted by atomic mass is 16.6. The summed E-state index contributed by atoms with van der Waals surface area (Å²) in [6.45, 7) is 3.46. The fourth-order valence-corrected chi connectivity index (χ4v) is 3.48. The smallest absolute Gasteiger partial charge is 0.344 e. The number of benzene rings is 1. The Morgan fingerprint density at radius 2 is 2.04 bits per heavy atom. The van der Waals surface area contributed by atoms with Crippen molar-refractivity contribution in [1.82, 2.24) is 5.32 Å². The molecular formula is C21H27NO5. The van der Waals surface area contributed by atoms with Gasteiger partial charge in [-0.25, -0.2) is 4.79 Å². The van der Waals surface area contributed by atoms with Crippen molar-refractivity contribution in [3.63, 3.8) is 0 Å². The fraction of sp³-hybridized carbons (Fsp3) is 0.524. The minimum absolute atomic E-state index is 0.0741. The summed E-state index contributed by atoms with van der Waals surface area (Å²) in [4.78, 5) is 23.6. The Labute approximate surface area is 159 Å². The van der Waals surface area contributed by atoms with E-state index in [-0.39, 0.29) is 25.2 Å². The van der Waals surface area contributed by atoms with Gasteiger partial charge in [0, 0.05) is 23.4 Å². The number of esters is 1. The van der Waals surface area contributed by atoms with Crippen LogP contribution in [0.15, 0.2) is 22.6 Å². The molecular weight excluding hydrogens is 346 g/mol. The van der Waals surface area contributed by atoms with E-state index in [4.69, 9.17) is 13.9 Å². The molecule has 0 spiro atoms. The molecule has 1 aliphatic carbocycles. The molecule has 0 saturated heterocycles. The van der Waals surface area contributed by atoms with Gasteiger partial charge in [-0.3, -0.25) is 4.79 Å². The van der Waals surface area contributed by atoms with E-state index in [9.17, 15) is 9.59 Å². The zero-order valence-electron chi connectivity index (χ0n) is 16.0. The molecule has 1 aliphatic rings. The van der Waals surface area contributed by atoms with Crippen LogP contribution in [0.3, 0.4) is 0 Å². The molecule has 0 radical (unpaired) electrons. The maximum Gasteiger partial charge on any atom is 0.344 e. The molecule has 3 rings (SSSR count). The van der Waals surface area contributed by atoms with Crippen molar-refractivity contribution in [3.8, 4) is 5.75 Å². The minimum Gasteiger partial charge on any atom is -0.482 e. The van der Waals surface area contributed by atoms with Gasteiger partial charge in [0.15, 0.2) is 13.2 Å². The Balaban J connectivity index is 1.49. The largest absolute Gasteiger partial charge is 0.482 e. The molecule has 1 aromatic heterocycles. The second kappa shape index (κ2) is 8.93. The SMILES string of the molecule is CCCC(C)NC(=O)COC(=O)COc1ccc2oc3c(c2c1)CCCC3. The normalized spacial score (nSPS) is 14.4. The van der Waals surface area contributed by atoms with Crippen molar-refractivity contribution in [1.29, 1.82) is 0 Å². The zero-order valence-corrected chi connectivity index (χ0v) is 16.0. The Hall–Kier alpha value is -2.50. The highest BCUT2D eigenvalue weighted by Crippen LogP contribution is 2.33. The van der Waals surface area contributed by atoms with Crippen LogP contribution >= 0.6 is 0 Å². The van der Waals surface area contributed by atoms with E-state index in [0.717, 1.165) is 55.3 Å². The number of carbonyl (C=O) groups is 2. The molecule has 0 bridgehead atoms. The molecule has 1 heterocycles. The molecule has 1 aromatic carbocycles. The first-order chi connectivity index (χ1) is 13.1. The zero-order chi connectivity index (χ0) is 19.2. The summed E-state index contributed by atoms with van der Waals surface area (Å²) in [6.07, 6.45) is 6.19. The standard InChI is InChI=1S/C21H27NO5/c1-3-6-14(2)22-20(23)12-26-21(24)13-25-15-9-10-19-17(11-15)16-7-4-5-8-18(16)27-19/h9-11,14H,3-8,12-13H2,1-2H3,(H,22,23). The lowest BCUT2D eigenvalue weighted by atomic mass is 9.96. The number of rotatable bonds is 8. The van der Waals surface area contributed by atoms with Crippen LogP contribution in [0.2, 0.25) is 0 Å². The quantitative estimate of drug-likeness (QED) is 0.716.